The van der Waals surface area contributed by atoms with E-state index in [-0.39, 0.29) is 17.8 Å². The quantitative estimate of drug-likeness (QED) is 0.750. The Morgan fingerprint density at radius 3 is 3.29 bits per heavy atom. The first-order valence-electron chi connectivity index (χ1n) is 5.65. The van der Waals surface area contributed by atoms with E-state index >= 15 is 0 Å². The largest absolute Gasteiger partial charge is 0.348 e. The highest BCUT2D eigenvalue weighted by Crippen LogP contribution is 2.20. The molecule has 1 aromatic heterocycles. The molecule has 7 heteroatoms. The van der Waals surface area contributed by atoms with Gasteiger partial charge in [0.05, 0.1) is 6.04 Å². The number of amides is 1. The van der Waals surface area contributed by atoms with Gasteiger partial charge in [0.15, 0.2) is 0 Å². The summed E-state index contributed by atoms with van der Waals surface area (Å²) >= 11 is 1.68. The lowest BCUT2D eigenvalue weighted by Gasteiger charge is -2.01. The highest BCUT2D eigenvalue weighted by Gasteiger charge is 2.23. The average Bonchev–Trinajstić information content (AvgIpc) is 3.00. The van der Waals surface area contributed by atoms with Gasteiger partial charge in [-0.15, -0.1) is 0 Å². The van der Waals surface area contributed by atoms with Crippen molar-refractivity contribution in [3.8, 4) is 0 Å². The Morgan fingerprint density at radius 2 is 2.59 bits per heavy atom. The lowest BCUT2D eigenvalue weighted by atomic mass is 10.2. The zero-order valence-electron chi connectivity index (χ0n) is 9.73. The Hall–Kier alpha value is -1.08. The summed E-state index contributed by atoms with van der Waals surface area (Å²) in [7, 11) is 0. The van der Waals surface area contributed by atoms with Gasteiger partial charge in [-0.3, -0.25) is 4.79 Å². The summed E-state index contributed by atoms with van der Waals surface area (Å²) in [5, 5.41) is 9.68. The summed E-state index contributed by atoms with van der Waals surface area (Å²) in [6, 6.07) is 0.107. The molecule has 1 amide bonds. The van der Waals surface area contributed by atoms with Crippen LogP contribution in [0.15, 0.2) is 4.52 Å². The molecule has 2 rings (SSSR count). The van der Waals surface area contributed by atoms with Crippen molar-refractivity contribution >= 4 is 17.7 Å². The van der Waals surface area contributed by atoms with Gasteiger partial charge in [0, 0.05) is 12.3 Å². The molecule has 6 nitrogen and oxygen atoms in total. The van der Waals surface area contributed by atoms with Crippen LogP contribution in [0, 0.1) is 0 Å². The molecule has 0 bridgehead atoms. The van der Waals surface area contributed by atoms with Crippen molar-refractivity contribution < 1.29 is 9.32 Å². The van der Waals surface area contributed by atoms with E-state index in [9.17, 15) is 4.79 Å². The average molecular weight is 256 g/mol. The summed E-state index contributed by atoms with van der Waals surface area (Å²) in [5.41, 5.74) is 0. The van der Waals surface area contributed by atoms with Crippen molar-refractivity contribution in [1.82, 2.24) is 20.8 Å². The van der Waals surface area contributed by atoms with Gasteiger partial charge in [0.2, 0.25) is 5.89 Å². The van der Waals surface area contributed by atoms with Crippen LogP contribution in [0.25, 0.3) is 0 Å². The van der Waals surface area contributed by atoms with E-state index in [1.807, 2.05) is 6.26 Å². The fourth-order valence-electron chi connectivity index (χ4n) is 1.71. The Bertz CT molecular complexity index is 376. The van der Waals surface area contributed by atoms with Gasteiger partial charge in [0.1, 0.15) is 0 Å². The van der Waals surface area contributed by atoms with Gasteiger partial charge in [-0.1, -0.05) is 5.16 Å². The minimum atomic E-state index is -0.271. The number of aromatic nitrogens is 2. The fourth-order valence-corrected chi connectivity index (χ4v) is 2.02. The number of hydrogen-bond donors (Lipinski definition) is 2. The highest BCUT2D eigenvalue weighted by molar-refractivity contribution is 7.98. The molecule has 1 atom stereocenters. The predicted molar refractivity (Wildman–Crippen MR) is 65.0 cm³/mol. The summed E-state index contributed by atoms with van der Waals surface area (Å²) in [6.45, 7) is 1.58. The number of rotatable bonds is 5. The first-order valence-corrected chi connectivity index (χ1v) is 7.05. The molecule has 17 heavy (non-hydrogen) atoms. The van der Waals surface area contributed by atoms with E-state index in [1.165, 1.54) is 0 Å². The molecule has 1 aromatic rings. The smallest absolute Gasteiger partial charge is 0.292 e. The normalized spacial score (nSPS) is 19.5. The van der Waals surface area contributed by atoms with E-state index < -0.39 is 0 Å². The lowest BCUT2D eigenvalue weighted by Crippen LogP contribution is -2.26. The van der Waals surface area contributed by atoms with Gasteiger partial charge >= 0.3 is 0 Å². The molecule has 0 spiro atoms. The second-order valence-corrected chi connectivity index (χ2v) is 4.84. The van der Waals surface area contributed by atoms with Crippen LogP contribution >= 0.6 is 11.8 Å². The molecular formula is C10H16N4O2S. The van der Waals surface area contributed by atoms with Gasteiger partial charge in [-0.25, -0.2) is 0 Å². The Labute approximate surface area is 104 Å². The van der Waals surface area contributed by atoms with Gasteiger partial charge < -0.3 is 15.2 Å². The van der Waals surface area contributed by atoms with E-state index in [0.29, 0.717) is 12.4 Å². The molecular weight excluding hydrogens is 240 g/mol. The lowest BCUT2D eigenvalue weighted by molar-refractivity contribution is 0.0943. The number of nitrogens with zero attached hydrogens (tertiary/aromatic N) is 2. The predicted octanol–water partition coefficient (Wildman–Crippen LogP) is 0.587. The van der Waals surface area contributed by atoms with Gasteiger partial charge in [-0.05, 0) is 25.6 Å². The summed E-state index contributed by atoms with van der Waals surface area (Å²) in [5.74, 6) is 1.24. The van der Waals surface area contributed by atoms with Crippen molar-refractivity contribution in [2.45, 2.75) is 18.9 Å². The van der Waals surface area contributed by atoms with E-state index in [4.69, 9.17) is 4.52 Å². The first kappa shape index (κ1) is 12.4. The van der Waals surface area contributed by atoms with E-state index in [0.717, 1.165) is 25.1 Å². The van der Waals surface area contributed by atoms with Crippen molar-refractivity contribution in [3.63, 3.8) is 0 Å². The van der Waals surface area contributed by atoms with Crippen LogP contribution in [0.1, 0.15) is 35.4 Å². The minimum absolute atomic E-state index is 0.107. The molecule has 1 fully saturated rings. The maximum atomic E-state index is 11.6. The summed E-state index contributed by atoms with van der Waals surface area (Å²) in [4.78, 5) is 15.7. The number of thioether (sulfide) groups is 1. The second-order valence-electron chi connectivity index (χ2n) is 3.85. The molecule has 2 N–H and O–H groups in total. The molecule has 1 saturated heterocycles. The van der Waals surface area contributed by atoms with Crippen LogP contribution in [0.5, 0.6) is 0 Å². The maximum absolute atomic E-state index is 11.6. The van der Waals surface area contributed by atoms with Crippen LogP contribution in [0.2, 0.25) is 0 Å². The Morgan fingerprint density at radius 1 is 1.71 bits per heavy atom. The van der Waals surface area contributed by atoms with Crippen molar-refractivity contribution in [2.24, 2.45) is 0 Å². The Balaban J connectivity index is 1.90. The zero-order valence-corrected chi connectivity index (χ0v) is 10.5. The molecule has 1 aliphatic heterocycles. The summed E-state index contributed by atoms with van der Waals surface area (Å²) in [6.07, 6.45) is 4.07. The summed E-state index contributed by atoms with van der Waals surface area (Å²) < 4.78 is 5.09. The van der Waals surface area contributed by atoms with Gasteiger partial charge in [-0.2, -0.15) is 16.7 Å². The molecule has 0 saturated carbocycles. The van der Waals surface area contributed by atoms with Crippen molar-refractivity contribution in [2.75, 3.05) is 25.1 Å². The molecule has 2 heterocycles. The third kappa shape index (κ3) is 3.19. The molecule has 0 aliphatic carbocycles. The van der Waals surface area contributed by atoms with E-state index in [1.54, 1.807) is 11.8 Å². The highest BCUT2D eigenvalue weighted by atomic mass is 32.2. The molecule has 94 valence electrons. The minimum Gasteiger partial charge on any atom is -0.348 e. The number of hydrogen-bond acceptors (Lipinski definition) is 6. The fraction of sp³-hybridized carbons (Fsp3) is 0.700. The van der Waals surface area contributed by atoms with Gasteiger partial charge in [0.25, 0.3) is 11.7 Å². The molecule has 1 aliphatic rings. The first-order chi connectivity index (χ1) is 8.31. The third-order valence-corrected chi connectivity index (χ3v) is 3.21. The monoisotopic (exact) mass is 256 g/mol. The SMILES string of the molecule is CSCCNC(=O)c1noc(C2CCCN2)n1. The number of carbonyl (C=O) groups is 1. The van der Waals surface area contributed by atoms with Crippen LogP contribution in [0.3, 0.4) is 0 Å². The maximum Gasteiger partial charge on any atom is 0.292 e. The zero-order chi connectivity index (χ0) is 12.1. The number of nitrogens with one attached hydrogen (secondary N) is 2. The molecule has 0 radical (unpaired) electrons. The van der Waals surface area contributed by atoms with Crippen LogP contribution in [0.4, 0.5) is 0 Å². The third-order valence-electron chi connectivity index (χ3n) is 2.59. The number of carbonyl (C=O) groups excluding carboxylic acids is 1. The second kappa shape index (κ2) is 6.02. The van der Waals surface area contributed by atoms with Crippen LogP contribution < -0.4 is 10.6 Å². The van der Waals surface area contributed by atoms with Crippen LogP contribution in [-0.2, 0) is 0 Å². The standard InChI is InChI=1S/C10H16N4O2S/c1-17-6-5-12-9(15)8-13-10(16-14-8)7-3-2-4-11-7/h7,11H,2-6H2,1H3,(H,12,15). The Kier molecular flexibility index (Phi) is 4.38. The van der Waals surface area contributed by atoms with Crippen molar-refractivity contribution in [1.29, 1.82) is 0 Å². The molecule has 0 aromatic carbocycles. The van der Waals surface area contributed by atoms with Crippen molar-refractivity contribution in [3.05, 3.63) is 11.7 Å². The van der Waals surface area contributed by atoms with E-state index in [2.05, 4.69) is 20.8 Å². The van der Waals surface area contributed by atoms with Crippen LogP contribution in [-0.4, -0.2) is 41.1 Å². The molecule has 1 unspecified atom stereocenters. The topological polar surface area (TPSA) is 80.0 Å².